The molecule has 130 valence electrons. The standard InChI is InChI=1S/C13H10N4O8/c1-25-9-5-7(16(21)22)4-6(11(9)18)2-3-8-10(17(23)24)12(19)15-13(20)14-8/h2-5,18H,1H3,(H2,14,15,19,20)/b3-2+. The average Bonchev–Trinajstić information content (AvgIpc) is 2.52. The number of methoxy groups -OCH3 is 1. The van der Waals surface area contributed by atoms with Crippen molar-refractivity contribution in [2.24, 2.45) is 0 Å². The molecule has 2 rings (SSSR count). The topological polar surface area (TPSA) is 181 Å². The van der Waals surface area contributed by atoms with E-state index in [-0.39, 0.29) is 11.3 Å². The van der Waals surface area contributed by atoms with Gasteiger partial charge in [0.2, 0.25) is 0 Å². The van der Waals surface area contributed by atoms with Gasteiger partial charge in [-0.25, -0.2) is 4.79 Å². The largest absolute Gasteiger partial charge is 0.504 e. The van der Waals surface area contributed by atoms with Crippen LogP contribution in [0, 0.1) is 20.2 Å². The monoisotopic (exact) mass is 350 g/mol. The molecule has 0 aliphatic heterocycles. The lowest BCUT2D eigenvalue weighted by molar-refractivity contribution is -0.386. The quantitative estimate of drug-likeness (QED) is 0.521. The van der Waals surface area contributed by atoms with E-state index in [1.165, 1.54) is 7.11 Å². The van der Waals surface area contributed by atoms with Crippen molar-refractivity contribution in [1.82, 2.24) is 9.97 Å². The van der Waals surface area contributed by atoms with Crippen molar-refractivity contribution in [2.75, 3.05) is 7.11 Å². The lowest BCUT2D eigenvalue weighted by Crippen LogP contribution is -2.25. The highest BCUT2D eigenvalue weighted by molar-refractivity contribution is 5.76. The molecule has 0 spiro atoms. The van der Waals surface area contributed by atoms with E-state index >= 15 is 0 Å². The first kappa shape index (κ1) is 17.4. The number of benzene rings is 1. The van der Waals surface area contributed by atoms with E-state index in [1.54, 1.807) is 4.98 Å². The summed E-state index contributed by atoms with van der Waals surface area (Å²) in [5.74, 6) is -0.651. The molecule has 1 aromatic carbocycles. The zero-order valence-corrected chi connectivity index (χ0v) is 12.5. The van der Waals surface area contributed by atoms with Gasteiger partial charge in [-0.05, 0) is 12.2 Å². The van der Waals surface area contributed by atoms with Crippen molar-refractivity contribution in [3.8, 4) is 11.5 Å². The second-order valence-corrected chi connectivity index (χ2v) is 4.60. The fourth-order valence-corrected chi connectivity index (χ4v) is 1.97. The van der Waals surface area contributed by atoms with Gasteiger partial charge in [0.05, 0.1) is 23.0 Å². The SMILES string of the molecule is COc1cc([N+](=O)[O-])cc(/C=C/c2[nH]c(=O)[nH]c(=O)c2[N+](=O)[O-])c1O. The fourth-order valence-electron chi connectivity index (χ4n) is 1.97. The number of aromatic hydroxyl groups is 1. The summed E-state index contributed by atoms with van der Waals surface area (Å²) in [6, 6.07) is 1.98. The predicted octanol–water partition coefficient (Wildman–Crippen LogP) is 0.764. The molecular formula is C13H10N4O8. The predicted molar refractivity (Wildman–Crippen MR) is 84.6 cm³/mol. The summed E-state index contributed by atoms with van der Waals surface area (Å²) in [7, 11) is 1.19. The normalized spacial score (nSPS) is 10.8. The molecule has 0 saturated carbocycles. The molecule has 0 aliphatic rings. The van der Waals surface area contributed by atoms with Gasteiger partial charge in [-0.15, -0.1) is 0 Å². The lowest BCUT2D eigenvalue weighted by atomic mass is 10.1. The third kappa shape index (κ3) is 3.52. The molecule has 3 N–H and O–H groups in total. The van der Waals surface area contributed by atoms with Crippen molar-refractivity contribution in [1.29, 1.82) is 0 Å². The Labute approximate surface area is 137 Å². The summed E-state index contributed by atoms with van der Waals surface area (Å²) in [6.07, 6.45) is 2.02. The van der Waals surface area contributed by atoms with Crippen molar-refractivity contribution in [3.63, 3.8) is 0 Å². The second kappa shape index (κ2) is 6.66. The minimum Gasteiger partial charge on any atom is -0.504 e. The summed E-state index contributed by atoms with van der Waals surface area (Å²) in [6.45, 7) is 0. The van der Waals surface area contributed by atoms with Crippen molar-refractivity contribution in [3.05, 3.63) is 64.5 Å². The smallest absolute Gasteiger partial charge is 0.357 e. The highest BCUT2D eigenvalue weighted by Gasteiger charge is 2.20. The molecule has 1 aromatic heterocycles. The number of ether oxygens (including phenoxy) is 1. The molecule has 0 unspecified atom stereocenters. The Balaban J connectivity index is 2.63. The van der Waals surface area contributed by atoms with Crippen LogP contribution in [-0.2, 0) is 0 Å². The van der Waals surface area contributed by atoms with Gasteiger partial charge < -0.3 is 14.8 Å². The average molecular weight is 350 g/mol. The van der Waals surface area contributed by atoms with E-state index < -0.39 is 43.9 Å². The maximum atomic E-state index is 11.5. The first-order chi connectivity index (χ1) is 11.7. The third-order valence-corrected chi connectivity index (χ3v) is 3.08. The number of nitrogens with zero attached hydrogens (tertiary/aromatic N) is 2. The highest BCUT2D eigenvalue weighted by Crippen LogP contribution is 2.35. The van der Waals surface area contributed by atoms with Gasteiger partial charge in [-0.3, -0.25) is 30.0 Å². The number of non-ortho nitro benzene ring substituents is 1. The highest BCUT2D eigenvalue weighted by atomic mass is 16.6. The Morgan fingerprint density at radius 2 is 1.80 bits per heavy atom. The van der Waals surface area contributed by atoms with E-state index in [4.69, 9.17) is 4.74 Å². The summed E-state index contributed by atoms with van der Waals surface area (Å²) in [5, 5.41) is 31.8. The number of aromatic amines is 2. The molecule has 0 bridgehead atoms. The third-order valence-electron chi connectivity index (χ3n) is 3.08. The molecule has 0 radical (unpaired) electrons. The fraction of sp³-hybridized carbons (Fsp3) is 0.0769. The number of rotatable bonds is 5. The molecule has 2 aromatic rings. The molecule has 0 aliphatic carbocycles. The molecule has 0 amide bonds. The number of phenolic OH excluding ortho intramolecular Hbond substituents is 1. The maximum Gasteiger partial charge on any atom is 0.357 e. The van der Waals surface area contributed by atoms with Crippen LogP contribution in [-0.4, -0.2) is 32.0 Å². The molecule has 12 heteroatoms. The van der Waals surface area contributed by atoms with E-state index in [0.29, 0.717) is 0 Å². The molecule has 1 heterocycles. The van der Waals surface area contributed by atoms with Crippen molar-refractivity contribution < 1.29 is 19.7 Å². The molecule has 12 nitrogen and oxygen atoms in total. The van der Waals surface area contributed by atoms with Gasteiger partial charge in [-0.2, -0.15) is 0 Å². The van der Waals surface area contributed by atoms with Crippen LogP contribution < -0.4 is 16.0 Å². The summed E-state index contributed by atoms with van der Waals surface area (Å²) in [5.41, 5.74) is -4.06. The van der Waals surface area contributed by atoms with Crippen LogP contribution in [0.5, 0.6) is 11.5 Å². The number of hydrogen-bond donors (Lipinski definition) is 3. The summed E-state index contributed by atoms with van der Waals surface area (Å²) in [4.78, 5) is 46.7. The zero-order chi connectivity index (χ0) is 18.7. The Bertz CT molecular complexity index is 1000. The molecule has 0 atom stereocenters. The number of nitro benzene ring substituents is 1. The first-order valence-corrected chi connectivity index (χ1v) is 6.49. The Kier molecular flexibility index (Phi) is 4.63. The summed E-state index contributed by atoms with van der Waals surface area (Å²) < 4.78 is 4.82. The molecule has 0 fully saturated rings. The number of hydrogen-bond acceptors (Lipinski definition) is 8. The Morgan fingerprint density at radius 1 is 1.12 bits per heavy atom. The lowest BCUT2D eigenvalue weighted by Gasteiger charge is -2.06. The van der Waals surface area contributed by atoms with Gasteiger partial charge >= 0.3 is 16.9 Å². The number of H-pyrrole nitrogens is 2. The van der Waals surface area contributed by atoms with Crippen LogP contribution in [0.4, 0.5) is 11.4 Å². The van der Waals surface area contributed by atoms with Crippen LogP contribution in [0.2, 0.25) is 0 Å². The van der Waals surface area contributed by atoms with E-state index in [0.717, 1.165) is 24.3 Å². The van der Waals surface area contributed by atoms with Gasteiger partial charge in [0, 0.05) is 11.6 Å². The number of phenols is 1. The van der Waals surface area contributed by atoms with Crippen molar-refractivity contribution >= 4 is 23.5 Å². The van der Waals surface area contributed by atoms with Crippen LogP contribution in [0.1, 0.15) is 11.3 Å². The van der Waals surface area contributed by atoms with Crippen LogP contribution in [0.3, 0.4) is 0 Å². The Hall–Kier alpha value is -3.96. The first-order valence-electron chi connectivity index (χ1n) is 6.49. The minimum atomic E-state index is -1.21. The van der Waals surface area contributed by atoms with Crippen molar-refractivity contribution in [2.45, 2.75) is 0 Å². The van der Waals surface area contributed by atoms with E-state index in [9.17, 15) is 34.9 Å². The zero-order valence-electron chi connectivity index (χ0n) is 12.5. The molecule has 0 saturated heterocycles. The van der Waals surface area contributed by atoms with E-state index in [1.807, 2.05) is 0 Å². The molecular weight excluding hydrogens is 340 g/mol. The van der Waals surface area contributed by atoms with E-state index in [2.05, 4.69) is 4.98 Å². The van der Waals surface area contributed by atoms with Crippen LogP contribution in [0.25, 0.3) is 12.2 Å². The number of aromatic nitrogens is 2. The number of nitro groups is 2. The van der Waals surface area contributed by atoms with Gasteiger partial charge in [0.15, 0.2) is 11.5 Å². The maximum absolute atomic E-state index is 11.5. The summed E-state index contributed by atoms with van der Waals surface area (Å²) >= 11 is 0. The molecule has 25 heavy (non-hydrogen) atoms. The minimum absolute atomic E-state index is 0.110. The van der Waals surface area contributed by atoms with Crippen LogP contribution >= 0.6 is 0 Å². The second-order valence-electron chi connectivity index (χ2n) is 4.60. The van der Waals surface area contributed by atoms with Crippen LogP contribution in [0.15, 0.2) is 21.7 Å². The van der Waals surface area contributed by atoms with Gasteiger partial charge in [0.25, 0.3) is 5.69 Å². The Morgan fingerprint density at radius 3 is 2.36 bits per heavy atom. The van der Waals surface area contributed by atoms with Gasteiger partial charge in [-0.1, -0.05) is 0 Å². The van der Waals surface area contributed by atoms with Gasteiger partial charge in [0.1, 0.15) is 5.69 Å². The number of nitrogens with one attached hydrogen (secondary N) is 2.